The van der Waals surface area contributed by atoms with Crippen LogP contribution in [-0.4, -0.2) is 36.6 Å². The quantitative estimate of drug-likeness (QED) is 0.205. The van der Waals surface area contributed by atoms with E-state index in [1.54, 1.807) is 0 Å². The van der Waals surface area contributed by atoms with Crippen molar-refractivity contribution in [1.29, 1.82) is 0 Å². The maximum absolute atomic E-state index is 6.19. The van der Waals surface area contributed by atoms with Crippen molar-refractivity contribution >= 4 is 78.6 Å². The molecule has 2 saturated heterocycles. The van der Waals surface area contributed by atoms with Gasteiger partial charge in [0.05, 0.1) is 22.4 Å². The highest BCUT2D eigenvalue weighted by atomic mass is 79.9. The van der Waals surface area contributed by atoms with Crippen LogP contribution in [0, 0.1) is 0 Å². The van der Waals surface area contributed by atoms with E-state index in [4.69, 9.17) is 18.6 Å². The number of hydrogen-bond acceptors (Lipinski definition) is 4. The van der Waals surface area contributed by atoms with Crippen LogP contribution in [0.2, 0.25) is 0 Å². The van der Waals surface area contributed by atoms with Gasteiger partial charge in [-0.15, -0.1) is 0 Å². The summed E-state index contributed by atoms with van der Waals surface area (Å²) in [6, 6.07) is 25.2. The van der Waals surface area contributed by atoms with Crippen molar-refractivity contribution in [1.82, 2.24) is 0 Å². The van der Waals surface area contributed by atoms with Crippen LogP contribution in [0.1, 0.15) is 55.4 Å². The van der Waals surface area contributed by atoms with E-state index in [1.165, 1.54) is 10.8 Å². The van der Waals surface area contributed by atoms with Crippen molar-refractivity contribution in [2.45, 2.75) is 77.8 Å². The highest BCUT2D eigenvalue weighted by Crippen LogP contribution is 2.38. The Morgan fingerprint density at radius 3 is 1.02 bits per heavy atom. The predicted octanol–water partition coefficient (Wildman–Crippen LogP) is 7.80. The summed E-state index contributed by atoms with van der Waals surface area (Å²) in [5.41, 5.74) is 0.713. The molecule has 40 heavy (non-hydrogen) atoms. The SMILES string of the molecule is Brc1ccc2cc(Br)ccc2c1.CC1(C)OB(c2ccc3cc(B4OC(C)(C)C(C)(C)O4)ccc3c2)OC1(C)C. The molecule has 208 valence electrons. The molecule has 0 amide bonds. The largest absolute Gasteiger partial charge is 0.494 e. The van der Waals surface area contributed by atoms with Crippen LogP contribution in [-0.2, 0) is 18.6 Å². The third kappa shape index (κ3) is 5.81. The molecule has 0 saturated carbocycles. The lowest BCUT2D eigenvalue weighted by molar-refractivity contribution is 0.00578. The van der Waals surface area contributed by atoms with E-state index in [2.05, 4.69) is 160 Å². The molecule has 2 aliphatic heterocycles. The molecule has 4 aromatic rings. The van der Waals surface area contributed by atoms with Gasteiger partial charge in [-0.25, -0.2) is 0 Å². The van der Waals surface area contributed by atoms with E-state index >= 15 is 0 Å². The van der Waals surface area contributed by atoms with Crippen LogP contribution in [0.4, 0.5) is 0 Å². The lowest BCUT2D eigenvalue weighted by Gasteiger charge is -2.32. The summed E-state index contributed by atoms with van der Waals surface area (Å²) >= 11 is 6.88. The lowest BCUT2D eigenvalue weighted by atomic mass is 9.76. The van der Waals surface area contributed by atoms with Crippen molar-refractivity contribution in [2.24, 2.45) is 0 Å². The summed E-state index contributed by atoms with van der Waals surface area (Å²) in [7, 11) is -0.700. The molecule has 6 rings (SSSR count). The molecule has 0 N–H and O–H groups in total. The Kier molecular flexibility index (Phi) is 7.86. The Morgan fingerprint density at radius 1 is 0.425 bits per heavy atom. The average molecular weight is 666 g/mol. The number of benzene rings is 4. The number of halogens is 2. The summed E-state index contributed by atoms with van der Waals surface area (Å²) in [5, 5.41) is 4.81. The van der Waals surface area contributed by atoms with Crippen LogP contribution in [0.3, 0.4) is 0 Å². The third-order valence-corrected chi connectivity index (χ3v) is 9.69. The Balaban J connectivity index is 0.000000223. The van der Waals surface area contributed by atoms with Gasteiger partial charge in [-0.2, -0.15) is 0 Å². The zero-order chi connectivity index (χ0) is 29.1. The zero-order valence-corrected chi connectivity index (χ0v) is 27.6. The van der Waals surface area contributed by atoms with Crippen LogP contribution in [0.5, 0.6) is 0 Å². The first kappa shape index (κ1) is 29.8. The van der Waals surface area contributed by atoms with Gasteiger partial charge in [0.25, 0.3) is 0 Å². The third-order valence-electron chi connectivity index (χ3n) is 8.70. The summed E-state index contributed by atoms with van der Waals surface area (Å²) in [6.07, 6.45) is 0. The van der Waals surface area contributed by atoms with Crippen LogP contribution >= 0.6 is 31.9 Å². The summed E-state index contributed by atoms with van der Waals surface area (Å²) in [6.45, 7) is 16.6. The molecular formula is C32H36B2Br2O4. The minimum Gasteiger partial charge on any atom is -0.399 e. The minimum atomic E-state index is -0.350. The summed E-state index contributed by atoms with van der Waals surface area (Å²) in [4.78, 5) is 0. The highest BCUT2D eigenvalue weighted by molar-refractivity contribution is 9.10. The van der Waals surface area contributed by atoms with Gasteiger partial charge < -0.3 is 18.6 Å². The van der Waals surface area contributed by atoms with Crippen molar-refractivity contribution in [3.63, 3.8) is 0 Å². The van der Waals surface area contributed by atoms with E-state index in [0.29, 0.717) is 0 Å². The molecule has 2 heterocycles. The van der Waals surface area contributed by atoms with Crippen molar-refractivity contribution in [3.8, 4) is 0 Å². The first-order valence-corrected chi connectivity index (χ1v) is 15.3. The smallest absolute Gasteiger partial charge is 0.399 e. The van der Waals surface area contributed by atoms with E-state index in [-0.39, 0.29) is 36.6 Å². The van der Waals surface area contributed by atoms with Gasteiger partial charge in [-0.3, -0.25) is 0 Å². The zero-order valence-electron chi connectivity index (χ0n) is 24.5. The normalized spacial score (nSPS) is 20.6. The topological polar surface area (TPSA) is 36.9 Å². The van der Waals surface area contributed by atoms with Crippen LogP contribution < -0.4 is 10.9 Å². The van der Waals surface area contributed by atoms with E-state index in [9.17, 15) is 0 Å². The fraction of sp³-hybridized carbons (Fsp3) is 0.375. The minimum absolute atomic E-state index is 0.340. The second-order valence-corrected chi connectivity index (χ2v) is 14.5. The average Bonchev–Trinajstić information content (AvgIpc) is 3.23. The molecule has 0 bridgehead atoms. The lowest BCUT2D eigenvalue weighted by Crippen LogP contribution is -2.41. The first-order valence-electron chi connectivity index (χ1n) is 13.7. The van der Waals surface area contributed by atoms with E-state index in [0.717, 1.165) is 30.6 Å². The van der Waals surface area contributed by atoms with Crippen molar-refractivity contribution in [2.75, 3.05) is 0 Å². The highest BCUT2D eigenvalue weighted by Gasteiger charge is 2.52. The molecule has 0 aliphatic carbocycles. The Hall–Kier alpha value is -1.67. The molecule has 2 aliphatic rings. The van der Waals surface area contributed by atoms with Gasteiger partial charge in [0, 0.05) is 8.95 Å². The molecule has 0 atom stereocenters. The van der Waals surface area contributed by atoms with Gasteiger partial charge in [0.15, 0.2) is 0 Å². The Morgan fingerprint density at radius 2 is 0.700 bits per heavy atom. The molecule has 0 spiro atoms. The molecule has 2 fully saturated rings. The molecule has 0 unspecified atom stereocenters. The van der Waals surface area contributed by atoms with Crippen LogP contribution in [0.15, 0.2) is 81.7 Å². The fourth-order valence-corrected chi connectivity index (χ4v) is 5.48. The Bertz CT molecular complexity index is 1420. The standard InChI is InChI=1S/C22H30B2O4.C10H6Br2/c1-19(2)20(3,4)26-23(25-19)17-11-9-16-14-18(12-10-15(16)13-17)24-27-21(5,6)22(7,8)28-24;11-9-3-1-7-5-10(12)4-2-8(7)6-9/h9-14H,1-8H3;1-6H. The monoisotopic (exact) mass is 664 g/mol. The van der Waals surface area contributed by atoms with Gasteiger partial charge in [-0.05, 0) is 112 Å². The second-order valence-electron chi connectivity index (χ2n) is 12.7. The van der Waals surface area contributed by atoms with Gasteiger partial charge in [0.1, 0.15) is 0 Å². The maximum Gasteiger partial charge on any atom is 0.494 e. The van der Waals surface area contributed by atoms with E-state index in [1.807, 2.05) is 0 Å². The van der Waals surface area contributed by atoms with E-state index < -0.39 is 0 Å². The molecule has 4 nitrogen and oxygen atoms in total. The number of hydrogen-bond donors (Lipinski definition) is 0. The number of rotatable bonds is 2. The number of fused-ring (bicyclic) bond motifs is 2. The van der Waals surface area contributed by atoms with Gasteiger partial charge >= 0.3 is 14.2 Å². The van der Waals surface area contributed by atoms with Crippen molar-refractivity contribution in [3.05, 3.63) is 81.7 Å². The molecule has 0 radical (unpaired) electrons. The molecule has 8 heteroatoms. The second kappa shape index (κ2) is 10.6. The predicted molar refractivity (Wildman–Crippen MR) is 175 cm³/mol. The maximum atomic E-state index is 6.19. The Labute approximate surface area is 255 Å². The first-order chi connectivity index (χ1) is 18.6. The fourth-order valence-electron chi connectivity index (χ4n) is 4.72. The molecule has 0 aromatic heterocycles. The molecule has 4 aromatic carbocycles. The van der Waals surface area contributed by atoms with Crippen molar-refractivity contribution < 1.29 is 18.6 Å². The van der Waals surface area contributed by atoms with Gasteiger partial charge in [0.2, 0.25) is 0 Å². The van der Waals surface area contributed by atoms with Gasteiger partial charge in [-0.1, -0.05) is 80.4 Å². The summed E-state index contributed by atoms with van der Waals surface area (Å²) < 4.78 is 27.0. The molecular weight excluding hydrogens is 630 g/mol. The van der Waals surface area contributed by atoms with Crippen LogP contribution in [0.25, 0.3) is 21.5 Å². The summed E-state index contributed by atoms with van der Waals surface area (Å²) in [5.74, 6) is 0.